The summed E-state index contributed by atoms with van der Waals surface area (Å²) in [5.41, 5.74) is 0. The van der Waals surface area contributed by atoms with E-state index in [9.17, 15) is 0 Å². The first-order valence-corrected chi connectivity index (χ1v) is 3.83. The number of aromatic nitrogens is 1. The lowest BCUT2D eigenvalue weighted by molar-refractivity contribution is 0.316. The van der Waals surface area contributed by atoms with Crippen LogP contribution in [0.1, 0.15) is 13.3 Å². The average molecular weight is 143 g/mol. The van der Waals surface area contributed by atoms with Crippen LogP contribution < -0.4 is 4.74 Å². The molecule has 0 aliphatic heterocycles. The highest BCUT2D eigenvalue weighted by Gasteiger charge is 1.90. The summed E-state index contributed by atoms with van der Waals surface area (Å²) in [4.78, 5) is 3.95. The van der Waals surface area contributed by atoms with Crippen molar-refractivity contribution in [2.45, 2.75) is 13.3 Å². The number of hydrogen-bond acceptors (Lipinski definition) is 3. The normalized spacial score (nSPS) is 9.44. The minimum absolute atomic E-state index is 0.771. The third-order valence-electron chi connectivity index (χ3n) is 0.839. The van der Waals surface area contributed by atoms with Crippen molar-refractivity contribution >= 4 is 11.3 Å². The molecule has 9 heavy (non-hydrogen) atoms. The quantitative estimate of drug-likeness (QED) is 0.645. The molecule has 1 heterocycles. The van der Waals surface area contributed by atoms with Gasteiger partial charge in [0.25, 0.3) is 5.19 Å². The Morgan fingerprint density at radius 2 is 2.67 bits per heavy atom. The van der Waals surface area contributed by atoms with Crippen LogP contribution in [0.25, 0.3) is 0 Å². The monoisotopic (exact) mass is 143 g/mol. The van der Waals surface area contributed by atoms with Crippen LogP contribution in [-0.2, 0) is 0 Å². The molecule has 1 aromatic heterocycles. The smallest absolute Gasteiger partial charge is 0.273 e. The third kappa shape index (κ3) is 2.01. The largest absolute Gasteiger partial charge is 0.470 e. The van der Waals surface area contributed by atoms with Gasteiger partial charge in [0.05, 0.1) is 6.61 Å². The van der Waals surface area contributed by atoms with Crippen molar-refractivity contribution in [2.75, 3.05) is 6.61 Å². The van der Waals surface area contributed by atoms with Gasteiger partial charge in [-0.3, -0.25) is 0 Å². The van der Waals surface area contributed by atoms with E-state index in [-0.39, 0.29) is 0 Å². The zero-order valence-electron chi connectivity index (χ0n) is 5.33. The first-order valence-electron chi connectivity index (χ1n) is 2.95. The number of thiazole rings is 1. The van der Waals surface area contributed by atoms with E-state index >= 15 is 0 Å². The van der Waals surface area contributed by atoms with Crippen molar-refractivity contribution < 1.29 is 4.74 Å². The molecule has 0 radical (unpaired) electrons. The summed E-state index contributed by atoms with van der Waals surface area (Å²) in [6, 6.07) is 0. The van der Waals surface area contributed by atoms with Crippen LogP contribution in [0, 0.1) is 0 Å². The molecule has 0 aliphatic rings. The Hall–Kier alpha value is -0.570. The van der Waals surface area contributed by atoms with Gasteiger partial charge in [0, 0.05) is 11.6 Å². The van der Waals surface area contributed by atoms with Crippen molar-refractivity contribution in [1.29, 1.82) is 0 Å². The Morgan fingerprint density at radius 3 is 3.22 bits per heavy atom. The molecule has 0 saturated heterocycles. The van der Waals surface area contributed by atoms with Crippen LogP contribution in [-0.4, -0.2) is 11.6 Å². The molecule has 0 saturated carbocycles. The zero-order chi connectivity index (χ0) is 6.53. The van der Waals surface area contributed by atoms with Gasteiger partial charge in [-0.1, -0.05) is 18.3 Å². The second-order valence-electron chi connectivity index (χ2n) is 1.65. The van der Waals surface area contributed by atoms with Crippen LogP contribution in [0.3, 0.4) is 0 Å². The molecule has 50 valence electrons. The fourth-order valence-electron chi connectivity index (χ4n) is 0.471. The molecule has 0 fully saturated rings. The maximum absolute atomic E-state index is 5.20. The van der Waals surface area contributed by atoms with E-state index in [1.54, 1.807) is 6.20 Å². The number of rotatable bonds is 3. The predicted octanol–water partition coefficient (Wildman–Crippen LogP) is 1.93. The lowest BCUT2D eigenvalue weighted by Crippen LogP contribution is -1.93. The maximum atomic E-state index is 5.20. The molecule has 0 spiro atoms. The fraction of sp³-hybridized carbons (Fsp3) is 0.500. The van der Waals surface area contributed by atoms with Crippen molar-refractivity contribution in [3.63, 3.8) is 0 Å². The van der Waals surface area contributed by atoms with Gasteiger partial charge in [0.2, 0.25) is 0 Å². The Balaban J connectivity index is 2.30. The van der Waals surface area contributed by atoms with Crippen LogP contribution in [0.2, 0.25) is 0 Å². The number of hydrogen-bond donors (Lipinski definition) is 0. The Kier molecular flexibility index (Phi) is 2.51. The molecule has 3 heteroatoms. The van der Waals surface area contributed by atoms with Gasteiger partial charge in [-0.2, -0.15) is 0 Å². The summed E-state index contributed by atoms with van der Waals surface area (Å²) in [6.45, 7) is 2.85. The second-order valence-corrected chi connectivity index (χ2v) is 2.50. The summed E-state index contributed by atoms with van der Waals surface area (Å²) < 4.78 is 5.20. The molecule has 1 rings (SSSR count). The topological polar surface area (TPSA) is 22.1 Å². The van der Waals surface area contributed by atoms with Crippen molar-refractivity contribution in [3.8, 4) is 5.19 Å². The van der Waals surface area contributed by atoms with Crippen LogP contribution in [0.4, 0.5) is 0 Å². The molecule has 2 nitrogen and oxygen atoms in total. The minimum Gasteiger partial charge on any atom is -0.470 e. The van der Waals surface area contributed by atoms with Gasteiger partial charge in [0.1, 0.15) is 0 Å². The Labute approximate surface area is 58.5 Å². The first kappa shape index (κ1) is 6.55. The van der Waals surface area contributed by atoms with E-state index in [2.05, 4.69) is 11.9 Å². The molecule has 1 aromatic rings. The van der Waals surface area contributed by atoms with E-state index in [0.717, 1.165) is 18.2 Å². The highest BCUT2D eigenvalue weighted by Crippen LogP contribution is 2.12. The highest BCUT2D eigenvalue weighted by atomic mass is 32.1. The summed E-state index contributed by atoms with van der Waals surface area (Å²) in [5, 5.41) is 2.68. The van der Waals surface area contributed by atoms with E-state index in [1.165, 1.54) is 11.3 Å². The van der Waals surface area contributed by atoms with Gasteiger partial charge < -0.3 is 4.74 Å². The van der Waals surface area contributed by atoms with Gasteiger partial charge in [-0.25, -0.2) is 4.98 Å². The number of ether oxygens (including phenoxy) is 1. The van der Waals surface area contributed by atoms with E-state index in [1.807, 2.05) is 5.38 Å². The predicted molar refractivity (Wildman–Crippen MR) is 37.9 cm³/mol. The molecule has 0 aliphatic carbocycles. The van der Waals surface area contributed by atoms with Crippen molar-refractivity contribution in [3.05, 3.63) is 11.6 Å². The number of nitrogens with zero attached hydrogens (tertiary/aromatic N) is 1. The standard InChI is InChI=1S/C6H9NOS/c1-2-4-8-6-7-3-5-9-6/h3,5H,2,4H2,1H3. The van der Waals surface area contributed by atoms with Crippen molar-refractivity contribution in [1.82, 2.24) is 4.98 Å². The third-order valence-corrected chi connectivity index (χ3v) is 1.52. The summed E-state index contributed by atoms with van der Waals surface area (Å²) in [6.07, 6.45) is 2.79. The lowest BCUT2D eigenvalue weighted by Gasteiger charge is -1.95. The van der Waals surface area contributed by atoms with Gasteiger partial charge in [0.15, 0.2) is 0 Å². The van der Waals surface area contributed by atoms with Gasteiger partial charge in [-0.15, -0.1) is 0 Å². The molecule has 0 unspecified atom stereocenters. The molecule has 0 atom stereocenters. The van der Waals surface area contributed by atoms with Crippen molar-refractivity contribution in [2.24, 2.45) is 0 Å². The molecule has 0 aromatic carbocycles. The minimum atomic E-state index is 0.771. The fourth-order valence-corrected chi connectivity index (χ4v) is 0.982. The van der Waals surface area contributed by atoms with Crippen LogP contribution in [0.5, 0.6) is 5.19 Å². The molecular weight excluding hydrogens is 134 g/mol. The average Bonchev–Trinajstić information content (AvgIpc) is 2.34. The molecule has 0 N–H and O–H groups in total. The highest BCUT2D eigenvalue weighted by molar-refractivity contribution is 7.11. The molecule has 0 bridgehead atoms. The lowest BCUT2D eigenvalue weighted by atomic mass is 10.5. The van der Waals surface area contributed by atoms with Gasteiger partial charge >= 0.3 is 0 Å². The van der Waals surface area contributed by atoms with E-state index in [4.69, 9.17) is 4.74 Å². The van der Waals surface area contributed by atoms with Crippen LogP contribution in [0.15, 0.2) is 11.6 Å². The second kappa shape index (κ2) is 3.45. The zero-order valence-corrected chi connectivity index (χ0v) is 6.15. The first-order chi connectivity index (χ1) is 4.43. The summed E-state index contributed by atoms with van der Waals surface area (Å²) >= 11 is 1.53. The SMILES string of the molecule is CCCOc1nccs1. The summed E-state index contributed by atoms with van der Waals surface area (Å²) in [7, 11) is 0. The van der Waals surface area contributed by atoms with E-state index in [0.29, 0.717) is 0 Å². The van der Waals surface area contributed by atoms with E-state index < -0.39 is 0 Å². The maximum Gasteiger partial charge on any atom is 0.273 e. The molecule has 0 amide bonds. The molecular formula is C6H9NOS. The summed E-state index contributed by atoms with van der Waals surface area (Å²) in [5.74, 6) is 0. The van der Waals surface area contributed by atoms with Crippen LogP contribution >= 0.6 is 11.3 Å². The Bertz CT molecular complexity index is 150. The Morgan fingerprint density at radius 1 is 1.78 bits per heavy atom. The van der Waals surface area contributed by atoms with Gasteiger partial charge in [-0.05, 0) is 6.42 Å².